The number of benzene rings is 4. The summed E-state index contributed by atoms with van der Waals surface area (Å²) >= 11 is 0. The van der Waals surface area contributed by atoms with Gasteiger partial charge in [-0.25, -0.2) is 9.37 Å². The van der Waals surface area contributed by atoms with Gasteiger partial charge in [-0.15, -0.1) is 0 Å². The number of halogens is 1. The van der Waals surface area contributed by atoms with Crippen molar-refractivity contribution in [3.63, 3.8) is 0 Å². The molecule has 3 atom stereocenters. The molecule has 0 spiro atoms. The Morgan fingerprint density at radius 2 is 1.64 bits per heavy atom. The summed E-state index contributed by atoms with van der Waals surface area (Å²) in [6, 6.07) is 29.8. The third kappa shape index (κ3) is 6.25. The molecular weight excluding hydrogens is 527 g/mol. The van der Waals surface area contributed by atoms with Gasteiger partial charge in [0.2, 0.25) is 11.8 Å². The lowest BCUT2D eigenvalue weighted by atomic mass is 9.85. The predicted octanol–water partition coefficient (Wildman–Crippen LogP) is 5.60. The predicted molar refractivity (Wildman–Crippen MR) is 161 cm³/mol. The first kappa shape index (κ1) is 27.4. The van der Waals surface area contributed by atoms with E-state index in [1.165, 1.54) is 12.1 Å². The number of aryl methyl sites for hydroxylation is 1. The fourth-order valence-corrected chi connectivity index (χ4v) is 6.02. The van der Waals surface area contributed by atoms with Crippen LogP contribution in [0.1, 0.15) is 34.7 Å². The summed E-state index contributed by atoms with van der Waals surface area (Å²) in [6.07, 6.45) is 5.21. The van der Waals surface area contributed by atoms with Crippen LogP contribution in [0.3, 0.4) is 0 Å². The number of nitrogens with zero attached hydrogens (tertiary/aromatic N) is 2. The smallest absolute Gasteiger partial charge is 0.243 e. The van der Waals surface area contributed by atoms with Crippen molar-refractivity contribution in [1.82, 2.24) is 20.2 Å². The number of fused-ring (bicyclic) bond motifs is 1. The Morgan fingerprint density at radius 1 is 0.905 bits per heavy atom. The van der Waals surface area contributed by atoms with E-state index in [9.17, 15) is 14.0 Å². The van der Waals surface area contributed by atoms with Crippen molar-refractivity contribution in [2.75, 3.05) is 6.54 Å². The number of aromatic amines is 1. The zero-order valence-corrected chi connectivity index (χ0v) is 23.2. The third-order valence-electron chi connectivity index (χ3n) is 8.12. The van der Waals surface area contributed by atoms with Gasteiger partial charge in [0.15, 0.2) is 0 Å². The summed E-state index contributed by atoms with van der Waals surface area (Å²) < 4.78 is 13.5. The number of carbonyl (C=O) groups is 2. The number of hydrogen-bond acceptors (Lipinski definition) is 3. The number of rotatable bonds is 9. The topological polar surface area (TPSA) is 78.1 Å². The van der Waals surface area contributed by atoms with Crippen molar-refractivity contribution in [3.8, 4) is 0 Å². The molecule has 3 unspecified atom stereocenters. The fraction of sp³-hybridized carbons (Fsp3) is 0.229. The Hall–Kier alpha value is -4.78. The second-order valence-corrected chi connectivity index (χ2v) is 11.0. The minimum atomic E-state index is -0.709. The van der Waals surface area contributed by atoms with E-state index in [0.29, 0.717) is 25.8 Å². The van der Waals surface area contributed by atoms with E-state index in [0.717, 1.165) is 33.2 Å². The molecule has 1 aromatic heterocycles. The molecule has 1 aliphatic rings. The van der Waals surface area contributed by atoms with Crippen LogP contribution in [0.25, 0.3) is 10.8 Å². The zero-order chi connectivity index (χ0) is 28.9. The molecule has 6 rings (SSSR count). The number of imidazole rings is 1. The number of piperazine rings is 1. The van der Waals surface area contributed by atoms with Crippen LogP contribution in [0, 0.1) is 5.82 Å². The summed E-state index contributed by atoms with van der Waals surface area (Å²) in [6.45, 7) is 0.394. The largest absolute Gasteiger partial charge is 0.349 e. The van der Waals surface area contributed by atoms with Gasteiger partial charge in [-0.05, 0) is 58.9 Å². The van der Waals surface area contributed by atoms with Gasteiger partial charge >= 0.3 is 0 Å². The molecule has 212 valence electrons. The monoisotopic (exact) mass is 560 g/mol. The van der Waals surface area contributed by atoms with Gasteiger partial charge in [0.05, 0.1) is 12.4 Å². The highest BCUT2D eigenvalue weighted by Gasteiger charge is 2.42. The molecule has 1 saturated heterocycles. The average molecular weight is 561 g/mol. The van der Waals surface area contributed by atoms with Crippen LogP contribution in [0.15, 0.2) is 110 Å². The Kier molecular flexibility index (Phi) is 8.08. The number of carbonyl (C=O) groups excluding carboxylic acids is 2. The van der Waals surface area contributed by atoms with E-state index in [1.807, 2.05) is 42.5 Å². The number of aromatic nitrogens is 2. The SMILES string of the molecule is O=C1NC(Cc2ccc3ccccc3c2)CN(C(=O)CCc2ccc(F)cc2)C1C(Cc1ccccc1)c1cnc[nH]1. The normalized spacial score (nSPS) is 17.6. The highest BCUT2D eigenvalue weighted by molar-refractivity contribution is 5.90. The van der Waals surface area contributed by atoms with E-state index >= 15 is 0 Å². The van der Waals surface area contributed by atoms with E-state index in [-0.39, 0.29) is 36.0 Å². The lowest BCUT2D eigenvalue weighted by Gasteiger charge is -2.43. The van der Waals surface area contributed by atoms with Gasteiger partial charge in [-0.2, -0.15) is 0 Å². The van der Waals surface area contributed by atoms with Gasteiger partial charge < -0.3 is 15.2 Å². The second kappa shape index (κ2) is 12.4. The van der Waals surface area contributed by atoms with Crippen molar-refractivity contribution >= 4 is 22.6 Å². The lowest BCUT2D eigenvalue weighted by Crippen LogP contribution is -2.64. The minimum absolute atomic E-state index is 0.0970. The summed E-state index contributed by atoms with van der Waals surface area (Å²) in [7, 11) is 0. The summed E-state index contributed by atoms with van der Waals surface area (Å²) in [5, 5.41) is 5.55. The number of nitrogens with one attached hydrogen (secondary N) is 2. The van der Waals surface area contributed by atoms with Crippen molar-refractivity contribution in [2.24, 2.45) is 0 Å². The molecule has 0 aliphatic carbocycles. The first-order valence-corrected chi connectivity index (χ1v) is 14.4. The zero-order valence-electron chi connectivity index (χ0n) is 23.2. The number of hydrogen-bond donors (Lipinski definition) is 2. The van der Waals surface area contributed by atoms with Crippen LogP contribution in [-0.4, -0.2) is 45.3 Å². The summed E-state index contributed by atoms with van der Waals surface area (Å²) in [5.74, 6) is -0.887. The standard InChI is InChI=1S/C35H33FN4O2/c36-29-15-11-24(12-16-29)13-17-33(41)40-22-30(19-26-10-14-27-8-4-5-9-28(27)18-26)39-35(42)34(40)31(32-21-37-23-38-32)20-25-6-2-1-3-7-25/h1-12,14-16,18,21,23,30-31,34H,13,17,19-20,22H2,(H,37,38)(H,39,42). The molecular formula is C35H33FN4O2. The molecule has 6 nitrogen and oxygen atoms in total. The van der Waals surface area contributed by atoms with E-state index in [2.05, 4.69) is 45.6 Å². The first-order chi connectivity index (χ1) is 20.5. The molecule has 2 heterocycles. The maximum Gasteiger partial charge on any atom is 0.243 e. The summed E-state index contributed by atoms with van der Waals surface area (Å²) in [5.41, 5.74) is 3.86. The van der Waals surface area contributed by atoms with Crippen LogP contribution in [0.4, 0.5) is 4.39 Å². The molecule has 4 aromatic carbocycles. The molecule has 0 saturated carbocycles. The first-order valence-electron chi connectivity index (χ1n) is 14.4. The van der Waals surface area contributed by atoms with Crippen molar-refractivity contribution in [2.45, 2.75) is 43.7 Å². The third-order valence-corrected chi connectivity index (χ3v) is 8.12. The Morgan fingerprint density at radius 3 is 2.40 bits per heavy atom. The van der Waals surface area contributed by atoms with Crippen molar-refractivity contribution in [3.05, 3.63) is 138 Å². The van der Waals surface area contributed by atoms with Gasteiger partial charge in [-0.3, -0.25) is 9.59 Å². The van der Waals surface area contributed by atoms with E-state index < -0.39 is 6.04 Å². The molecule has 0 bridgehead atoms. The van der Waals surface area contributed by atoms with Crippen LogP contribution in [-0.2, 0) is 28.9 Å². The maximum absolute atomic E-state index is 14.0. The quantitative estimate of drug-likeness (QED) is 0.246. The number of H-pyrrole nitrogens is 1. The molecule has 1 aliphatic heterocycles. The summed E-state index contributed by atoms with van der Waals surface area (Å²) in [4.78, 5) is 37.1. The lowest BCUT2D eigenvalue weighted by molar-refractivity contribution is -0.146. The molecule has 7 heteroatoms. The van der Waals surface area contributed by atoms with E-state index in [4.69, 9.17) is 0 Å². The molecule has 42 heavy (non-hydrogen) atoms. The molecule has 0 radical (unpaired) electrons. The fourth-order valence-electron chi connectivity index (χ4n) is 6.02. The van der Waals surface area contributed by atoms with Crippen LogP contribution >= 0.6 is 0 Å². The van der Waals surface area contributed by atoms with Gasteiger partial charge in [0.1, 0.15) is 11.9 Å². The van der Waals surface area contributed by atoms with E-state index in [1.54, 1.807) is 29.6 Å². The van der Waals surface area contributed by atoms with Crippen molar-refractivity contribution < 1.29 is 14.0 Å². The van der Waals surface area contributed by atoms with Gasteiger partial charge in [0.25, 0.3) is 0 Å². The van der Waals surface area contributed by atoms with Gasteiger partial charge in [0, 0.05) is 30.8 Å². The van der Waals surface area contributed by atoms with Crippen LogP contribution < -0.4 is 5.32 Å². The highest BCUT2D eigenvalue weighted by Crippen LogP contribution is 2.30. The average Bonchev–Trinajstić information content (AvgIpc) is 3.55. The maximum atomic E-state index is 14.0. The van der Waals surface area contributed by atoms with Crippen LogP contribution in [0.5, 0.6) is 0 Å². The molecule has 5 aromatic rings. The van der Waals surface area contributed by atoms with Gasteiger partial charge in [-0.1, -0.05) is 84.9 Å². The Labute approximate surface area is 244 Å². The Bertz CT molecular complexity index is 1650. The highest BCUT2D eigenvalue weighted by atomic mass is 19.1. The minimum Gasteiger partial charge on any atom is -0.349 e. The van der Waals surface area contributed by atoms with Crippen molar-refractivity contribution in [1.29, 1.82) is 0 Å². The van der Waals surface area contributed by atoms with Crippen LogP contribution in [0.2, 0.25) is 0 Å². The molecule has 1 fully saturated rings. The Balaban J connectivity index is 1.29. The number of amides is 2. The molecule has 2 amide bonds. The molecule has 2 N–H and O–H groups in total. The second-order valence-electron chi connectivity index (χ2n) is 11.0.